The molecule has 1 aliphatic rings. The summed E-state index contributed by atoms with van der Waals surface area (Å²) >= 11 is 1.52. The first-order valence-corrected chi connectivity index (χ1v) is 11.5. The van der Waals surface area contributed by atoms with E-state index < -0.39 is 35.8 Å². The summed E-state index contributed by atoms with van der Waals surface area (Å²) in [6.07, 6.45) is -2.45. The van der Waals surface area contributed by atoms with Gasteiger partial charge in [-0.25, -0.2) is 0 Å². The first-order chi connectivity index (χ1) is 15.1. The zero-order valence-electron chi connectivity index (χ0n) is 17.9. The topological polar surface area (TPSA) is 74.2 Å². The van der Waals surface area contributed by atoms with Crippen LogP contribution in [0, 0.1) is 0 Å². The Morgan fingerprint density at radius 3 is 1.97 bits per heavy atom. The molecule has 6 nitrogen and oxygen atoms in total. The number of benzene rings is 2. The number of carbonyl (C=O) groups excluding carboxylic acids is 1. The van der Waals surface area contributed by atoms with E-state index in [4.69, 9.17) is 18.9 Å². The molecule has 0 radical (unpaired) electrons. The second-order valence-corrected chi connectivity index (χ2v) is 8.65. The highest BCUT2D eigenvalue weighted by molar-refractivity contribution is 7.99. The van der Waals surface area contributed by atoms with Gasteiger partial charge in [-0.3, -0.25) is 4.79 Å². The maximum Gasteiger partial charge on any atom is 0.303 e. The highest BCUT2D eigenvalue weighted by Gasteiger charge is 2.49. The van der Waals surface area contributed by atoms with Crippen LogP contribution in [0.1, 0.15) is 25.0 Å². The molecule has 3 rings (SSSR count). The molecule has 1 aliphatic heterocycles. The van der Waals surface area contributed by atoms with Crippen LogP contribution >= 0.6 is 11.8 Å². The van der Waals surface area contributed by atoms with Gasteiger partial charge in [0.05, 0.1) is 19.8 Å². The van der Waals surface area contributed by atoms with Gasteiger partial charge in [0.25, 0.3) is 0 Å². The lowest BCUT2D eigenvalue weighted by Crippen LogP contribution is -2.60. The molecule has 168 valence electrons. The molecule has 0 bridgehead atoms. The molecule has 0 spiro atoms. The SMILES string of the molecule is CCS[C@@H]1O[C@H](CO)[C@@H](OCc2ccccc2)[C@H](OCc2ccccc2)[C@H]1OC(C)=O. The summed E-state index contributed by atoms with van der Waals surface area (Å²) in [6.45, 7) is 3.81. The van der Waals surface area contributed by atoms with E-state index in [-0.39, 0.29) is 6.61 Å². The highest BCUT2D eigenvalue weighted by atomic mass is 32.2. The van der Waals surface area contributed by atoms with Crippen molar-refractivity contribution in [3.05, 3.63) is 71.8 Å². The molecule has 7 heteroatoms. The van der Waals surface area contributed by atoms with Crippen molar-refractivity contribution in [1.82, 2.24) is 0 Å². The van der Waals surface area contributed by atoms with E-state index in [1.165, 1.54) is 18.7 Å². The number of ether oxygens (including phenoxy) is 4. The summed E-state index contributed by atoms with van der Waals surface area (Å²) in [5.74, 6) is 0.356. The second-order valence-electron chi connectivity index (χ2n) is 7.28. The second kappa shape index (κ2) is 12.2. The van der Waals surface area contributed by atoms with Gasteiger partial charge in [-0.2, -0.15) is 0 Å². The Morgan fingerprint density at radius 2 is 1.48 bits per heavy atom. The third kappa shape index (κ3) is 6.79. The van der Waals surface area contributed by atoms with Crippen molar-refractivity contribution >= 4 is 17.7 Å². The first kappa shape index (κ1) is 23.8. The lowest BCUT2D eigenvalue weighted by Gasteiger charge is -2.45. The molecule has 0 saturated carbocycles. The Labute approximate surface area is 187 Å². The summed E-state index contributed by atoms with van der Waals surface area (Å²) in [6, 6.07) is 19.6. The van der Waals surface area contributed by atoms with Gasteiger partial charge in [-0.05, 0) is 16.9 Å². The summed E-state index contributed by atoms with van der Waals surface area (Å²) in [7, 11) is 0. The van der Waals surface area contributed by atoms with Crippen LogP contribution in [0.5, 0.6) is 0 Å². The summed E-state index contributed by atoms with van der Waals surface area (Å²) in [4.78, 5) is 11.9. The minimum absolute atomic E-state index is 0.224. The fraction of sp³-hybridized carbons (Fsp3) is 0.458. The normalized spacial score (nSPS) is 25.8. The van der Waals surface area contributed by atoms with Gasteiger partial charge < -0.3 is 24.1 Å². The molecule has 0 aromatic heterocycles. The predicted molar refractivity (Wildman–Crippen MR) is 119 cm³/mol. The molecule has 1 fully saturated rings. The number of aliphatic hydroxyl groups is 1. The molecule has 1 heterocycles. The molecule has 2 aromatic rings. The standard InChI is InChI=1S/C24H30O6S/c1-3-31-24-23(29-17(2)26)22(28-16-19-12-8-5-9-13-19)21(20(14-25)30-24)27-15-18-10-6-4-7-11-18/h4-13,20-25H,3,14-16H2,1-2H3/t20-,21-,22+,23-,24+/m1/s1. The monoisotopic (exact) mass is 446 g/mol. The molecular formula is C24H30O6S. The molecule has 31 heavy (non-hydrogen) atoms. The Kier molecular flexibility index (Phi) is 9.36. The Hall–Kier alpha value is -1.90. The molecule has 0 unspecified atom stereocenters. The van der Waals surface area contributed by atoms with E-state index in [2.05, 4.69) is 0 Å². The summed E-state index contributed by atoms with van der Waals surface area (Å²) < 4.78 is 24.3. The number of rotatable bonds is 10. The number of hydrogen-bond acceptors (Lipinski definition) is 7. The van der Waals surface area contributed by atoms with Crippen LogP contribution in [0.2, 0.25) is 0 Å². The van der Waals surface area contributed by atoms with Crippen molar-refractivity contribution in [1.29, 1.82) is 0 Å². The van der Waals surface area contributed by atoms with Gasteiger partial charge in [0.15, 0.2) is 6.10 Å². The number of aliphatic hydroxyl groups excluding tert-OH is 1. The van der Waals surface area contributed by atoms with E-state index in [1.54, 1.807) is 0 Å². The minimum Gasteiger partial charge on any atom is -0.456 e. The van der Waals surface area contributed by atoms with Crippen LogP contribution in [0.4, 0.5) is 0 Å². The maximum atomic E-state index is 11.9. The molecule has 0 aliphatic carbocycles. The molecular weight excluding hydrogens is 416 g/mol. The zero-order chi connectivity index (χ0) is 22.1. The van der Waals surface area contributed by atoms with Gasteiger partial charge >= 0.3 is 5.97 Å². The predicted octanol–water partition coefficient (Wildman–Crippen LogP) is 3.56. The van der Waals surface area contributed by atoms with E-state index in [0.29, 0.717) is 13.2 Å². The first-order valence-electron chi connectivity index (χ1n) is 10.5. The maximum absolute atomic E-state index is 11.9. The smallest absolute Gasteiger partial charge is 0.303 e. The van der Waals surface area contributed by atoms with Crippen LogP contribution in [-0.2, 0) is 37.0 Å². The Balaban J connectivity index is 1.84. The molecule has 1 saturated heterocycles. The average molecular weight is 447 g/mol. The van der Waals surface area contributed by atoms with Gasteiger partial charge in [-0.1, -0.05) is 67.6 Å². The van der Waals surface area contributed by atoms with Gasteiger partial charge in [-0.15, -0.1) is 11.8 Å². The Bertz CT molecular complexity index is 787. The van der Waals surface area contributed by atoms with E-state index in [1.807, 2.05) is 67.6 Å². The molecule has 2 aromatic carbocycles. The van der Waals surface area contributed by atoms with Crippen LogP contribution in [0.25, 0.3) is 0 Å². The number of hydrogen-bond donors (Lipinski definition) is 1. The number of carbonyl (C=O) groups is 1. The lowest BCUT2D eigenvalue weighted by molar-refractivity contribution is -0.246. The van der Waals surface area contributed by atoms with Gasteiger partial charge in [0, 0.05) is 6.92 Å². The fourth-order valence-corrected chi connectivity index (χ4v) is 4.52. The molecule has 5 atom stereocenters. The number of esters is 1. The van der Waals surface area contributed by atoms with Crippen LogP contribution < -0.4 is 0 Å². The van der Waals surface area contributed by atoms with Crippen molar-refractivity contribution < 1.29 is 28.8 Å². The molecule has 1 N–H and O–H groups in total. The molecule has 0 amide bonds. The van der Waals surface area contributed by atoms with Crippen LogP contribution in [-0.4, -0.2) is 53.3 Å². The quantitative estimate of drug-likeness (QED) is 0.560. The summed E-state index contributed by atoms with van der Waals surface area (Å²) in [5.41, 5.74) is 1.54. The Morgan fingerprint density at radius 1 is 0.935 bits per heavy atom. The highest BCUT2D eigenvalue weighted by Crippen LogP contribution is 2.34. The minimum atomic E-state index is -0.658. The third-order valence-electron chi connectivity index (χ3n) is 4.97. The average Bonchev–Trinajstić information content (AvgIpc) is 2.79. The van der Waals surface area contributed by atoms with Crippen molar-refractivity contribution in [3.63, 3.8) is 0 Å². The van der Waals surface area contributed by atoms with E-state index in [9.17, 15) is 9.90 Å². The van der Waals surface area contributed by atoms with Crippen molar-refractivity contribution in [2.45, 2.75) is 56.9 Å². The van der Waals surface area contributed by atoms with Crippen LogP contribution in [0.15, 0.2) is 60.7 Å². The third-order valence-corrected chi connectivity index (χ3v) is 6.02. The van der Waals surface area contributed by atoms with E-state index >= 15 is 0 Å². The largest absolute Gasteiger partial charge is 0.456 e. The van der Waals surface area contributed by atoms with E-state index in [0.717, 1.165) is 16.9 Å². The van der Waals surface area contributed by atoms with Gasteiger partial charge in [0.2, 0.25) is 0 Å². The summed E-state index contributed by atoms with van der Waals surface area (Å²) in [5, 5.41) is 10.0. The van der Waals surface area contributed by atoms with Crippen LogP contribution in [0.3, 0.4) is 0 Å². The van der Waals surface area contributed by atoms with Crippen molar-refractivity contribution in [2.24, 2.45) is 0 Å². The zero-order valence-corrected chi connectivity index (χ0v) is 18.7. The van der Waals surface area contributed by atoms with Crippen molar-refractivity contribution in [2.75, 3.05) is 12.4 Å². The van der Waals surface area contributed by atoms with Crippen molar-refractivity contribution in [3.8, 4) is 0 Å². The lowest BCUT2D eigenvalue weighted by atomic mass is 9.99. The fourth-order valence-electron chi connectivity index (χ4n) is 3.57. The number of thioether (sulfide) groups is 1. The van der Waals surface area contributed by atoms with Gasteiger partial charge in [0.1, 0.15) is 23.7 Å².